The fourth-order valence-electron chi connectivity index (χ4n) is 2.80. The van der Waals surface area contributed by atoms with Gasteiger partial charge in [0.1, 0.15) is 11.6 Å². The SMILES string of the molecule is CCCCCCCCCCCOP(=O)(CCCC)Oc1ccc(F)cc1Br. The van der Waals surface area contributed by atoms with Gasteiger partial charge >= 0.3 is 7.60 Å². The first-order valence-electron chi connectivity index (χ1n) is 10.4. The lowest BCUT2D eigenvalue weighted by atomic mass is 10.1. The molecule has 1 rings (SSSR count). The van der Waals surface area contributed by atoms with E-state index in [2.05, 4.69) is 22.9 Å². The molecule has 1 atom stereocenters. The van der Waals surface area contributed by atoms with E-state index in [1.165, 1.54) is 63.1 Å². The number of halogens is 2. The van der Waals surface area contributed by atoms with Gasteiger partial charge in [-0.3, -0.25) is 4.52 Å². The molecule has 1 aromatic rings. The number of unbranched alkanes of at least 4 members (excludes halogenated alkanes) is 9. The van der Waals surface area contributed by atoms with Crippen molar-refractivity contribution < 1.29 is 18.0 Å². The molecule has 0 bridgehead atoms. The molecular weight excluding hydrogens is 430 g/mol. The van der Waals surface area contributed by atoms with E-state index >= 15 is 0 Å². The molecule has 0 aliphatic heterocycles. The van der Waals surface area contributed by atoms with Crippen LogP contribution in [0, 0.1) is 5.82 Å². The molecule has 0 saturated carbocycles. The van der Waals surface area contributed by atoms with Gasteiger partial charge in [-0.05, 0) is 47.0 Å². The quantitative estimate of drug-likeness (QED) is 0.181. The van der Waals surface area contributed by atoms with E-state index in [0.29, 0.717) is 23.0 Å². The molecule has 0 heterocycles. The predicted octanol–water partition coefficient (Wildman–Crippen LogP) is 8.51. The lowest BCUT2D eigenvalue weighted by molar-refractivity contribution is 0.256. The number of rotatable bonds is 16. The summed E-state index contributed by atoms with van der Waals surface area (Å²) in [6.07, 6.45) is 13.1. The van der Waals surface area contributed by atoms with Crippen molar-refractivity contribution in [2.45, 2.75) is 84.5 Å². The summed E-state index contributed by atoms with van der Waals surface area (Å²) in [5.41, 5.74) is 0. The van der Waals surface area contributed by atoms with Crippen LogP contribution in [0.3, 0.4) is 0 Å². The molecule has 0 aliphatic carbocycles. The third kappa shape index (κ3) is 11.3. The second-order valence-corrected chi connectivity index (χ2v) is 9.98. The van der Waals surface area contributed by atoms with Gasteiger partial charge in [0.15, 0.2) is 0 Å². The van der Waals surface area contributed by atoms with E-state index in [9.17, 15) is 8.96 Å². The van der Waals surface area contributed by atoms with Crippen LogP contribution in [0.2, 0.25) is 0 Å². The second kappa shape index (κ2) is 14.6. The summed E-state index contributed by atoms with van der Waals surface area (Å²) in [6, 6.07) is 4.09. The molecule has 0 aromatic heterocycles. The molecule has 0 fully saturated rings. The molecule has 3 nitrogen and oxygen atoms in total. The molecule has 6 heteroatoms. The van der Waals surface area contributed by atoms with Crippen LogP contribution in [0.1, 0.15) is 84.5 Å². The van der Waals surface area contributed by atoms with E-state index in [4.69, 9.17) is 9.05 Å². The highest BCUT2D eigenvalue weighted by molar-refractivity contribution is 9.10. The lowest BCUT2D eigenvalue weighted by Gasteiger charge is -2.20. The smallest absolute Gasteiger partial charge is 0.379 e. The van der Waals surface area contributed by atoms with Crippen molar-refractivity contribution in [3.05, 3.63) is 28.5 Å². The minimum absolute atomic E-state index is 0.364. The van der Waals surface area contributed by atoms with E-state index in [0.717, 1.165) is 25.7 Å². The summed E-state index contributed by atoms with van der Waals surface area (Å²) in [5, 5.41) is 0. The molecule has 0 spiro atoms. The zero-order chi connectivity index (χ0) is 20.0. The van der Waals surface area contributed by atoms with Crippen LogP contribution in [-0.2, 0) is 9.09 Å². The number of hydrogen-bond donors (Lipinski definition) is 0. The first-order valence-corrected chi connectivity index (χ1v) is 12.9. The van der Waals surface area contributed by atoms with Crippen LogP contribution in [0.15, 0.2) is 22.7 Å². The highest BCUT2D eigenvalue weighted by atomic mass is 79.9. The van der Waals surface area contributed by atoms with E-state index in [-0.39, 0.29) is 5.82 Å². The summed E-state index contributed by atoms with van der Waals surface area (Å²) >= 11 is 3.26. The summed E-state index contributed by atoms with van der Waals surface area (Å²) in [5.74, 6) is -0.00357. The van der Waals surface area contributed by atoms with E-state index < -0.39 is 7.60 Å². The molecule has 156 valence electrons. The second-order valence-electron chi connectivity index (χ2n) is 7.02. The third-order valence-electron chi connectivity index (χ3n) is 4.45. The Bertz CT molecular complexity index is 568. The molecule has 0 saturated heterocycles. The van der Waals surface area contributed by atoms with Gasteiger partial charge in [0.05, 0.1) is 17.2 Å². The van der Waals surface area contributed by atoms with Gasteiger partial charge in [0.2, 0.25) is 0 Å². The van der Waals surface area contributed by atoms with Crippen LogP contribution in [0.4, 0.5) is 4.39 Å². The van der Waals surface area contributed by atoms with Gasteiger partial charge in [-0.15, -0.1) is 0 Å². The van der Waals surface area contributed by atoms with Gasteiger partial charge in [0.25, 0.3) is 0 Å². The Hall–Kier alpha value is -0.380. The average molecular weight is 465 g/mol. The fourth-order valence-corrected chi connectivity index (χ4v) is 5.20. The molecular formula is C21H35BrFO3P. The van der Waals surface area contributed by atoms with Gasteiger partial charge < -0.3 is 4.52 Å². The average Bonchev–Trinajstić information content (AvgIpc) is 2.64. The predicted molar refractivity (Wildman–Crippen MR) is 115 cm³/mol. The Morgan fingerprint density at radius 3 is 2.11 bits per heavy atom. The van der Waals surface area contributed by atoms with Crippen LogP contribution >= 0.6 is 23.5 Å². The van der Waals surface area contributed by atoms with Crippen molar-refractivity contribution in [1.29, 1.82) is 0 Å². The van der Waals surface area contributed by atoms with Crippen LogP contribution in [0.5, 0.6) is 5.75 Å². The third-order valence-corrected chi connectivity index (χ3v) is 6.99. The Kier molecular flexibility index (Phi) is 13.3. The Labute approximate surface area is 173 Å². The molecule has 0 aliphatic rings. The molecule has 0 N–H and O–H groups in total. The number of benzene rings is 1. The first-order chi connectivity index (χ1) is 13.0. The summed E-state index contributed by atoms with van der Waals surface area (Å²) in [4.78, 5) is 0. The highest BCUT2D eigenvalue weighted by Crippen LogP contribution is 2.50. The van der Waals surface area contributed by atoms with Crippen molar-refractivity contribution in [3.8, 4) is 5.75 Å². The Morgan fingerprint density at radius 1 is 0.926 bits per heavy atom. The van der Waals surface area contributed by atoms with Crippen LogP contribution < -0.4 is 4.52 Å². The molecule has 27 heavy (non-hydrogen) atoms. The maximum atomic E-state index is 13.2. The summed E-state index contributed by atoms with van der Waals surface area (Å²) < 4.78 is 38.1. The molecule has 0 radical (unpaired) electrons. The maximum absolute atomic E-state index is 13.2. The zero-order valence-electron chi connectivity index (χ0n) is 16.9. The summed E-state index contributed by atoms with van der Waals surface area (Å²) in [7, 11) is -3.23. The van der Waals surface area contributed by atoms with E-state index in [1.807, 2.05) is 6.92 Å². The number of hydrogen-bond acceptors (Lipinski definition) is 3. The maximum Gasteiger partial charge on any atom is 0.379 e. The van der Waals surface area contributed by atoms with Crippen LogP contribution in [-0.4, -0.2) is 12.8 Å². The normalized spacial score (nSPS) is 13.5. The highest BCUT2D eigenvalue weighted by Gasteiger charge is 2.26. The van der Waals surface area contributed by atoms with E-state index in [1.54, 1.807) is 0 Å². The van der Waals surface area contributed by atoms with Crippen molar-refractivity contribution >= 4 is 23.5 Å². The van der Waals surface area contributed by atoms with Crippen molar-refractivity contribution in [2.24, 2.45) is 0 Å². The van der Waals surface area contributed by atoms with Gasteiger partial charge in [-0.2, -0.15) is 0 Å². The molecule has 1 aromatic carbocycles. The zero-order valence-corrected chi connectivity index (χ0v) is 19.3. The van der Waals surface area contributed by atoms with Gasteiger partial charge in [0, 0.05) is 0 Å². The van der Waals surface area contributed by atoms with Crippen molar-refractivity contribution in [2.75, 3.05) is 12.8 Å². The van der Waals surface area contributed by atoms with Gasteiger partial charge in [-0.25, -0.2) is 8.96 Å². The standard InChI is InChI=1S/C21H35BrFO3P/c1-3-5-7-8-9-10-11-12-13-16-25-27(24,17-6-4-2)26-21-15-14-19(23)18-20(21)22/h14-15,18H,3-13,16-17H2,1-2H3. The first kappa shape index (κ1) is 24.7. The van der Waals surface area contributed by atoms with Gasteiger partial charge in [-0.1, -0.05) is 71.6 Å². The summed E-state index contributed by atoms with van der Waals surface area (Å²) in [6.45, 7) is 4.71. The van der Waals surface area contributed by atoms with Crippen molar-refractivity contribution in [1.82, 2.24) is 0 Å². The minimum Gasteiger partial charge on any atom is -0.423 e. The molecule has 1 unspecified atom stereocenters. The van der Waals surface area contributed by atoms with Crippen molar-refractivity contribution in [3.63, 3.8) is 0 Å². The van der Waals surface area contributed by atoms with Crippen LogP contribution in [0.25, 0.3) is 0 Å². The topological polar surface area (TPSA) is 35.5 Å². The fraction of sp³-hybridized carbons (Fsp3) is 0.714. The largest absolute Gasteiger partial charge is 0.423 e. The lowest BCUT2D eigenvalue weighted by Crippen LogP contribution is -2.04. The Morgan fingerprint density at radius 2 is 1.52 bits per heavy atom. The molecule has 0 amide bonds. The Balaban J connectivity index is 2.35. The monoisotopic (exact) mass is 464 g/mol. The minimum atomic E-state index is -3.23.